The molecule has 0 unspecified atom stereocenters. The number of piperazine rings is 1. The van der Waals surface area contributed by atoms with Crippen LogP contribution in [-0.2, 0) is 0 Å². The molecule has 130 valence electrons. The Balaban J connectivity index is 1.48. The average molecular weight is 343 g/mol. The van der Waals surface area contributed by atoms with E-state index in [1.165, 1.54) is 13.2 Å². The lowest BCUT2D eigenvalue weighted by molar-refractivity contribution is 0.0704. The Hall–Kier alpha value is -3.17. The molecule has 0 aliphatic carbocycles. The summed E-state index contributed by atoms with van der Waals surface area (Å²) in [6, 6.07) is 1.50. The minimum atomic E-state index is -0.191. The van der Waals surface area contributed by atoms with E-state index in [0.717, 1.165) is 5.82 Å². The highest BCUT2D eigenvalue weighted by Gasteiger charge is 2.26. The fourth-order valence-corrected chi connectivity index (χ4v) is 2.87. The maximum atomic E-state index is 12.5. The summed E-state index contributed by atoms with van der Waals surface area (Å²) in [6.45, 7) is 4.30. The van der Waals surface area contributed by atoms with Crippen molar-refractivity contribution in [2.45, 2.75) is 6.92 Å². The van der Waals surface area contributed by atoms with E-state index in [4.69, 9.17) is 9.26 Å². The molecule has 4 heterocycles. The van der Waals surface area contributed by atoms with Gasteiger partial charge in [0.15, 0.2) is 11.5 Å². The normalized spacial score (nSPS) is 15.0. The van der Waals surface area contributed by atoms with Crippen LogP contribution in [0.3, 0.4) is 0 Å². The Morgan fingerprint density at radius 2 is 2.04 bits per heavy atom. The highest BCUT2D eigenvalue weighted by Crippen LogP contribution is 2.18. The smallest absolute Gasteiger partial charge is 0.292 e. The van der Waals surface area contributed by atoms with E-state index in [0.29, 0.717) is 43.5 Å². The first-order valence-electron chi connectivity index (χ1n) is 7.88. The highest BCUT2D eigenvalue weighted by molar-refractivity contribution is 5.91. The first-order valence-corrected chi connectivity index (χ1v) is 7.88. The van der Waals surface area contributed by atoms with Gasteiger partial charge in [0, 0.05) is 26.2 Å². The largest absolute Gasteiger partial charge is 0.479 e. The Morgan fingerprint density at radius 1 is 1.24 bits per heavy atom. The lowest BCUT2D eigenvalue weighted by Gasteiger charge is -2.35. The van der Waals surface area contributed by atoms with Crippen LogP contribution in [0.4, 0.5) is 5.82 Å². The Kier molecular flexibility index (Phi) is 3.71. The van der Waals surface area contributed by atoms with Crippen LogP contribution >= 0.6 is 0 Å². The first kappa shape index (κ1) is 15.4. The minimum Gasteiger partial charge on any atom is -0.479 e. The van der Waals surface area contributed by atoms with E-state index in [2.05, 4.69) is 25.1 Å². The SMILES string of the molecule is COc1cc(C(=O)N2CCN(c3cncc4nc(C)nn34)CC2)on1. The van der Waals surface area contributed by atoms with E-state index in [-0.39, 0.29) is 11.7 Å². The summed E-state index contributed by atoms with van der Waals surface area (Å²) in [7, 11) is 1.48. The minimum absolute atomic E-state index is 0.181. The average Bonchev–Trinajstić information content (AvgIpc) is 3.26. The molecule has 0 atom stereocenters. The number of hydrogen-bond donors (Lipinski definition) is 0. The molecule has 0 spiro atoms. The number of amides is 1. The Morgan fingerprint density at radius 3 is 2.76 bits per heavy atom. The van der Waals surface area contributed by atoms with Gasteiger partial charge < -0.3 is 19.1 Å². The van der Waals surface area contributed by atoms with E-state index in [9.17, 15) is 4.79 Å². The summed E-state index contributed by atoms with van der Waals surface area (Å²) in [5.41, 5.74) is 0.710. The molecule has 1 fully saturated rings. The Bertz CT molecular complexity index is 911. The molecular weight excluding hydrogens is 326 g/mol. The number of hydrogen-bond acceptors (Lipinski definition) is 8. The summed E-state index contributed by atoms with van der Waals surface area (Å²) in [4.78, 5) is 24.9. The lowest BCUT2D eigenvalue weighted by atomic mass is 10.3. The zero-order valence-corrected chi connectivity index (χ0v) is 13.9. The lowest BCUT2D eigenvalue weighted by Crippen LogP contribution is -2.49. The van der Waals surface area contributed by atoms with Crippen LogP contribution < -0.4 is 9.64 Å². The van der Waals surface area contributed by atoms with Crippen molar-refractivity contribution in [3.63, 3.8) is 0 Å². The van der Waals surface area contributed by atoms with Crippen LogP contribution in [0.1, 0.15) is 16.4 Å². The maximum absolute atomic E-state index is 12.5. The predicted molar refractivity (Wildman–Crippen MR) is 86.7 cm³/mol. The van der Waals surface area contributed by atoms with Gasteiger partial charge in [0.1, 0.15) is 5.82 Å². The molecule has 0 saturated carbocycles. The van der Waals surface area contributed by atoms with Gasteiger partial charge in [-0.3, -0.25) is 9.78 Å². The molecule has 1 aliphatic rings. The molecule has 1 aliphatic heterocycles. The fraction of sp³-hybridized carbons (Fsp3) is 0.400. The summed E-state index contributed by atoms with van der Waals surface area (Å²) >= 11 is 0. The number of nitrogens with zero attached hydrogens (tertiary/aromatic N) is 7. The highest BCUT2D eigenvalue weighted by atomic mass is 16.5. The molecule has 10 nitrogen and oxygen atoms in total. The topological polar surface area (TPSA) is 102 Å². The van der Waals surface area contributed by atoms with E-state index in [1.54, 1.807) is 21.8 Å². The zero-order valence-electron chi connectivity index (χ0n) is 13.9. The van der Waals surface area contributed by atoms with Crippen molar-refractivity contribution in [1.82, 2.24) is 29.6 Å². The third-order valence-corrected chi connectivity index (χ3v) is 4.13. The van der Waals surface area contributed by atoms with E-state index < -0.39 is 0 Å². The monoisotopic (exact) mass is 343 g/mol. The number of ether oxygens (including phenoxy) is 1. The predicted octanol–water partition coefficient (Wildman–Crippen LogP) is 0.392. The zero-order chi connectivity index (χ0) is 17.4. The quantitative estimate of drug-likeness (QED) is 0.673. The number of carbonyl (C=O) groups is 1. The van der Waals surface area contributed by atoms with Gasteiger partial charge in [-0.1, -0.05) is 0 Å². The van der Waals surface area contributed by atoms with E-state index in [1.807, 2.05) is 6.92 Å². The first-order chi connectivity index (χ1) is 12.2. The molecule has 0 aromatic carbocycles. The molecule has 0 radical (unpaired) electrons. The second kappa shape index (κ2) is 6.04. The molecule has 0 bridgehead atoms. The number of methoxy groups -OCH3 is 1. The van der Waals surface area contributed by atoms with Gasteiger partial charge in [-0.15, -0.1) is 5.10 Å². The van der Waals surface area contributed by atoms with Crippen molar-refractivity contribution in [2.24, 2.45) is 0 Å². The Labute approximate surface area is 143 Å². The molecule has 1 saturated heterocycles. The summed E-state index contributed by atoms with van der Waals surface area (Å²) in [6.07, 6.45) is 3.44. The molecule has 0 N–H and O–H groups in total. The number of aromatic nitrogens is 5. The third kappa shape index (κ3) is 2.75. The maximum Gasteiger partial charge on any atom is 0.292 e. The van der Waals surface area contributed by atoms with Crippen LogP contribution in [0.5, 0.6) is 5.88 Å². The van der Waals surface area contributed by atoms with Gasteiger partial charge in [0.25, 0.3) is 11.8 Å². The van der Waals surface area contributed by atoms with Crippen molar-refractivity contribution in [1.29, 1.82) is 0 Å². The van der Waals surface area contributed by atoms with Gasteiger partial charge in [0.2, 0.25) is 5.76 Å². The standard InChI is InChI=1S/C15H17N7O3/c1-10-17-12-8-16-9-14(22(12)18-10)20-3-5-21(6-4-20)15(23)11-7-13(24-2)19-25-11/h7-9H,3-6H2,1-2H3. The second-order valence-corrected chi connectivity index (χ2v) is 5.71. The van der Waals surface area contributed by atoms with Crippen molar-refractivity contribution < 1.29 is 14.1 Å². The van der Waals surface area contributed by atoms with Crippen molar-refractivity contribution >= 4 is 17.4 Å². The van der Waals surface area contributed by atoms with Crippen molar-refractivity contribution in [2.75, 3.05) is 38.2 Å². The molecule has 1 amide bonds. The van der Waals surface area contributed by atoms with Crippen LogP contribution in [-0.4, -0.2) is 68.8 Å². The van der Waals surface area contributed by atoms with Crippen molar-refractivity contribution in [3.05, 3.63) is 30.0 Å². The molecule has 3 aromatic heterocycles. The van der Waals surface area contributed by atoms with Crippen LogP contribution in [0.15, 0.2) is 23.0 Å². The van der Waals surface area contributed by atoms with Crippen LogP contribution in [0.2, 0.25) is 0 Å². The number of anilines is 1. The van der Waals surface area contributed by atoms with Gasteiger partial charge in [-0.05, 0) is 12.1 Å². The van der Waals surface area contributed by atoms with Gasteiger partial charge >= 0.3 is 0 Å². The number of fused-ring (bicyclic) bond motifs is 1. The number of carbonyl (C=O) groups excluding carboxylic acids is 1. The van der Waals surface area contributed by atoms with Crippen LogP contribution in [0.25, 0.3) is 5.65 Å². The molecular formula is C15H17N7O3. The van der Waals surface area contributed by atoms with Crippen LogP contribution in [0, 0.1) is 6.92 Å². The summed E-state index contributed by atoms with van der Waals surface area (Å²) in [5.74, 6) is 1.85. The van der Waals surface area contributed by atoms with Crippen molar-refractivity contribution in [3.8, 4) is 5.88 Å². The summed E-state index contributed by atoms with van der Waals surface area (Å²) in [5, 5.41) is 8.08. The molecule has 25 heavy (non-hydrogen) atoms. The van der Waals surface area contributed by atoms with Gasteiger partial charge in [0.05, 0.1) is 25.6 Å². The number of rotatable bonds is 3. The van der Waals surface area contributed by atoms with E-state index >= 15 is 0 Å². The van der Waals surface area contributed by atoms with Gasteiger partial charge in [-0.2, -0.15) is 4.52 Å². The molecule has 10 heteroatoms. The fourth-order valence-electron chi connectivity index (χ4n) is 2.87. The molecule has 3 aromatic rings. The summed E-state index contributed by atoms with van der Waals surface area (Å²) < 4.78 is 11.8. The molecule has 4 rings (SSSR count). The number of aryl methyl sites for hydroxylation is 1. The third-order valence-electron chi connectivity index (χ3n) is 4.13. The second-order valence-electron chi connectivity index (χ2n) is 5.71. The van der Waals surface area contributed by atoms with Gasteiger partial charge in [-0.25, -0.2) is 4.98 Å².